The molecule has 18 heavy (non-hydrogen) atoms. The highest BCUT2D eigenvalue weighted by atomic mass is 19.1. The van der Waals surface area contributed by atoms with Crippen molar-refractivity contribution in [1.82, 2.24) is 0 Å². The zero-order valence-corrected chi connectivity index (χ0v) is 11.0. The molecule has 0 spiro atoms. The van der Waals surface area contributed by atoms with E-state index in [-0.39, 0.29) is 17.5 Å². The molecule has 102 valence electrons. The molecule has 0 saturated carbocycles. The zero-order chi connectivity index (χ0) is 13.9. The van der Waals surface area contributed by atoms with E-state index in [1.165, 1.54) is 34.1 Å². The third-order valence-corrected chi connectivity index (χ3v) is 2.91. The van der Waals surface area contributed by atoms with Crippen LogP contribution in [0.4, 0.5) is 8.78 Å². The van der Waals surface area contributed by atoms with Gasteiger partial charge in [0, 0.05) is 20.6 Å². The molecule has 1 aromatic carbocycles. The van der Waals surface area contributed by atoms with Crippen molar-refractivity contribution in [1.29, 1.82) is 0 Å². The first-order chi connectivity index (χ1) is 8.33. The van der Waals surface area contributed by atoms with Crippen molar-refractivity contribution in [3.8, 4) is 0 Å². The summed E-state index contributed by atoms with van der Waals surface area (Å²) in [7, 11) is 2.79. The number of rotatable bonds is 5. The molecule has 0 aliphatic rings. The zero-order valence-electron chi connectivity index (χ0n) is 11.0. The van der Waals surface area contributed by atoms with Gasteiger partial charge in [-0.05, 0) is 25.5 Å². The Morgan fingerprint density at radius 1 is 1.28 bits per heavy atom. The standard InChI is InChI=1S/C13H18F2O3/c1-8-5-6-9(14)11(12(8)15)13(2,16)7-10(17-3)18-4/h5-6,10,16H,7H2,1-4H3. The molecule has 0 bridgehead atoms. The molecular weight excluding hydrogens is 242 g/mol. The van der Waals surface area contributed by atoms with Crippen molar-refractivity contribution in [2.45, 2.75) is 32.2 Å². The number of ether oxygens (including phenoxy) is 2. The molecule has 0 aliphatic heterocycles. The maximum absolute atomic E-state index is 13.9. The van der Waals surface area contributed by atoms with Crippen LogP contribution in [0.3, 0.4) is 0 Å². The van der Waals surface area contributed by atoms with Gasteiger partial charge in [0.25, 0.3) is 0 Å². The monoisotopic (exact) mass is 260 g/mol. The highest BCUT2D eigenvalue weighted by Gasteiger charge is 2.33. The molecule has 1 rings (SSSR count). The third kappa shape index (κ3) is 3.04. The van der Waals surface area contributed by atoms with Crippen molar-refractivity contribution in [3.05, 3.63) is 34.9 Å². The second-order valence-electron chi connectivity index (χ2n) is 4.43. The van der Waals surface area contributed by atoms with Crippen molar-refractivity contribution in [3.63, 3.8) is 0 Å². The van der Waals surface area contributed by atoms with Gasteiger partial charge in [-0.2, -0.15) is 0 Å². The van der Waals surface area contributed by atoms with Crippen LogP contribution in [0.15, 0.2) is 12.1 Å². The number of hydrogen-bond acceptors (Lipinski definition) is 3. The summed E-state index contributed by atoms with van der Waals surface area (Å²) in [6.45, 7) is 2.84. The highest BCUT2D eigenvalue weighted by molar-refractivity contribution is 5.31. The van der Waals surface area contributed by atoms with Crippen LogP contribution in [-0.4, -0.2) is 25.6 Å². The van der Waals surface area contributed by atoms with Gasteiger partial charge in [-0.15, -0.1) is 0 Å². The van der Waals surface area contributed by atoms with Crippen molar-refractivity contribution in [2.24, 2.45) is 0 Å². The van der Waals surface area contributed by atoms with E-state index in [1.807, 2.05) is 0 Å². The van der Waals surface area contributed by atoms with Crippen LogP contribution in [0.25, 0.3) is 0 Å². The SMILES string of the molecule is COC(CC(C)(O)c1c(F)ccc(C)c1F)OC. The lowest BCUT2D eigenvalue weighted by Crippen LogP contribution is -2.31. The second-order valence-corrected chi connectivity index (χ2v) is 4.43. The normalized spacial score (nSPS) is 14.9. The van der Waals surface area contributed by atoms with Crippen LogP contribution in [-0.2, 0) is 15.1 Å². The summed E-state index contributed by atoms with van der Waals surface area (Å²) in [5, 5.41) is 10.3. The van der Waals surface area contributed by atoms with E-state index in [4.69, 9.17) is 9.47 Å². The first-order valence-electron chi connectivity index (χ1n) is 5.56. The Kier molecular flexibility index (Phi) is 4.78. The molecule has 0 heterocycles. The number of aryl methyl sites for hydroxylation is 1. The molecular formula is C13H18F2O3. The van der Waals surface area contributed by atoms with Gasteiger partial charge in [0.1, 0.15) is 11.6 Å². The maximum Gasteiger partial charge on any atom is 0.159 e. The molecule has 0 aliphatic carbocycles. The third-order valence-electron chi connectivity index (χ3n) is 2.91. The average molecular weight is 260 g/mol. The van der Waals surface area contributed by atoms with E-state index in [0.29, 0.717) is 0 Å². The largest absolute Gasteiger partial charge is 0.385 e. The van der Waals surface area contributed by atoms with Crippen LogP contribution < -0.4 is 0 Å². The lowest BCUT2D eigenvalue weighted by Gasteiger charge is -2.28. The number of aliphatic hydroxyl groups is 1. The molecule has 0 aromatic heterocycles. The number of hydrogen-bond donors (Lipinski definition) is 1. The van der Waals surface area contributed by atoms with Gasteiger partial charge in [-0.3, -0.25) is 0 Å². The van der Waals surface area contributed by atoms with Gasteiger partial charge < -0.3 is 14.6 Å². The Morgan fingerprint density at radius 2 is 1.83 bits per heavy atom. The molecule has 1 unspecified atom stereocenters. The first kappa shape index (κ1) is 15.0. The number of methoxy groups -OCH3 is 2. The summed E-state index contributed by atoms with van der Waals surface area (Å²) >= 11 is 0. The molecule has 0 amide bonds. The second kappa shape index (κ2) is 5.73. The lowest BCUT2D eigenvalue weighted by atomic mass is 9.90. The van der Waals surface area contributed by atoms with E-state index < -0.39 is 23.5 Å². The van der Waals surface area contributed by atoms with E-state index in [1.54, 1.807) is 0 Å². The predicted octanol–water partition coefficient (Wildman–Crippen LogP) is 2.49. The summed E-state index contributed by atoms with van der Waals surface area (Å²) in [5.41, 5.74) is -1.80. The van der Waals surface area contributed by atoms with Crippen LogP contribution in [0.1, 0.15) is 24.5 Å². The Hall–Kier alpha value is -1.04. The van der Waals surface area contributed by atoms with Gasteiger partial charge in [-0.1, -0.05) is 6.07 Å². The van der Waals surface area contributed by atoms with Gasteiger partial charge in [-0.25, -0.2) is 8.78 Å². The van der Waals surface area contributed by atoms with Crippen molar-refractivity contribution < 1.29 is 23.4 Å². The molecule has 0 radical (unpaired) electrons. The van der Waals surface area contributed by atoms with Gasteiger partial charge >= 0.3 is 0 Å². The summed E-state index contributed by atoms with van der Waals surface area (Å²) < 4.78 is 37.5. The molecule has 3 nitrogen and oxygen atoms in total. The van der Waals surface area contributed by atoms with Gasteiger partial charge in [0.2, 0.25) is 0 Å². The Bertz CT molecular complexity index is 415. The van der Waals surface area contributed by atoms with Crippen LogP contribution in [0.5, 0.6) is 0 Å². The van der Waals surface area contributed by atoms with Crippen LogP contribution >= 0.6 is 0 Å². The fourth-order valence-corrected chi connectivity index (χ4v) is 1.84. The highest BCUT2D eigenvalue weighted by Crippen LogP contribution is 2.32. The van der Waals surface area contributed by atoms with E-state index in [0.717, 1.165) is 6.07 Å². The molecule has 0 saturated heterocycles. The molecule has 5 heteroatoms. The quantitative estimate of drug-likeness (QED) is 0.827. The Morgan fingerprint density at radius 3 is 2.33 bits per heavy atom. The summed E-state index contributed by atoms with van der Waals surface area (Å²) in [5.74, 6) is -1.53. The summed E-state index contributed by atoms with van der Waals surface area (Å²) in [6.07, 6.45) is -0.809. The minimum absolute atomic E-state index is 0.0721. The van der Waals surface area contributed by atoms with E-state index in [9.17, 15) is 13.9 Å². The number of halogens is 2. The van der Waals surface area contributed by atoms with Gasteiger partial charge in [0.15, 0.2) is 6.29 Å². The minimum Gasteiger partial charge on any atom is -0.385 e. The molecule has 1 aromatic rings. The molecule has 0 fully saturated rings. The van der Waals surface area contributed by atoms with Gasteiger partial charge in [0.05, 0.1) is 11.2 Å². The number of benzene rings is 1. The topological polar surface area (TPSA) is 38.7 Å². The fraction of sp³-hybridized carbons (Fsp3) is 0.538. The maximum atomic E-state index is 13.9. The Balaban J connectivity index is 3.15. The van der Waals surface area contributed by atoms with Crippen LogP contribution in [0, 0.1) is 18.6 Å². The average Bonchev–Trinajstić information content (AvgIpc) is 2.31. The van der Waals surface area contributed by atoms with E-state index in [2.05, 4.69) is 0 Å². The lowest BCUT2D eigenvalue weighted by molar-refractivity contribution is -0.143. The van der Waals surface area contributed by atoms with Crippen molar-refractivity contribution >= 4 is 0 Å². The minimum atomic E-state index is -1.71. The smallest absolute Gasteiger partial charge is 0.159 e. The molecule has 1 atom stereocenters. The molecule has 1 N–H and O–H groups in total. The van der Waals surface area contributed by atoms with E-state index >= 15 is 0 Å². The first-order valence-corrected chi connectivity index (χ1v) is 5.56. The summed E-state index contributed by atoms with van der Waals surface area (Å²) in [4.78, 5) is 0. The predicted molar refractivity (Wildman–Crippen MR) is 63.1 cm³/mol. The fourth-order valence-electron chi connectivity index (χ4n) is 1.84. The summed E-state index contributed by atoms with van der Waals surface area (Å²) in [6, 6.07) is 2.46. The van der Waals surface area contributed by atoms with Crippen LogP contribution in [0.2, 0.25) is 0 Å². The van der Waals surface area contributed by atoms with Crippen molar-refractivity contribution in [2.75, 3.05) is 14.2 Å². The Labute approximate surface area is 105 Å².